The van der Waals surface area contributed by atoms with Crippen LogP contribution in [0.3, 0.4) is 0 Å². The average Bonchev–Trinajstić information content (AvgIpc) is 3.22. The normalized spacial score (nSPS) is 14.1. The van der Waals surface area contributed by atoms with Gasteiger partial charge in [0.1, 0.15) is 0 Å². The van der Waals surface area contributed by atoms with Gasteiger partial charge in [-0.3, -0.25) is 9.59 Å². The number of anilines is 1. The maximum Gasteiger partial charge on any atom is 0.338 e. The Morgan fingerprint density at radius 1 is 1.11 bits per heavy atom. The number of nitrogens with zero attached hydrogens (tertiary/aromatic N) is 2. The van der Waals surface area contributed by atoms with Crippen LogP contribution < -0.4 is 5.73 Å². The molecule has 3 rings (SSSR count). The summed E-state index contributed by atoms with van der Waals surface area (Å²) in [5.41, 5.74) is 6.16. The summed E-state index contributed by atoms with van der Waals surface area (Å²) < 4.78 is 5.06. The molecule has 0 aliphatic carbocycles. The third kappa shape index (κ3) is 4.58. The summed E-state index contributed by atoms with van der Waals surface area (Å²) in [6.45, 7) is 1.34. The number of carbonyl (C=O) groups is 3. The van der Waals surface area contributed by atoms with Crippen LogP contribution in [-0.4, -0.2) is 60.4 Å². The molecule has 1 aliphatic rings. The van der Waals surface area contributed by atoms with Gasteiger partial charge in [0, 0.05) is 26.2 Å². The highest BCUT2D eigenvalue weighted by Gasteiger charge is 2.25. The lowest BCUT2D eigenvalue weighted by Crippen LogP contribution is -2.51. The number of esters is 1. The second-order valence-electron chi connectivity index (χ2n) is 5.96. The van der Waals surface area contributed by atoms with Gasteiger partial charge in [-0.15, -0.1) is 11.3 Å². The number of ether oxygens (including phenoxy) is 1. The molecule has 2 heterocycles. The standard InChI is InChI=1S/C18H18ClN3O4S/c19-13-4-3-12(10-14(13)20)18(25)26-11-16(23)21-5-7-22(8-6-21)17(24)15-2-1-9-27-15/h1-4,9-10H,5-8,11,20H2. The number of nitrogens with two attached hydrogens (primary N) is 1. The Hall–Kier alpha value is -2.58. The van der Waals surface area contributed by atoms with Crippen molar-refractivity contribution in [2.45, 2.75) is 0 Å². The predicted molar refractivity (Wildman–Crippen MR) is 103 cm³/mol. The Kier molecular flexibility index (Phi) is 5.98. The summed E-state index contributed by atoms with van der Waals surface area (Å²) >= 11 is 7.21. The first kappa shape index (κ1) is 19.2. The van der Waals surface area contributed by atoms with Gasteiger partial charge in [-0.05, 0) is 29.6 Å². The van der Waals surface area contributed by atoms with E-state index < -0.39 is 5.97 Å². The van der Waals surface area contributed by atoms with Crippen molar-refractivity contribution in [2.75, 3.05) is 38.5 Å². The highest BCUT2D eigenvalue weighted by atomic mass is 35.5. The molecule has 1 aromatic carbocycles. The molecule has 0 bridgehead atoms. The van der Waals surface area contributed by atoms with E-state index in [-0.39, 0.29) is 29.7 Å². The van der Waals surface area contributed by atoms with Crippen molar-refractivity contribution < 1.29 is 19.1 Å². The van der Waals surface area contributed by atoms with Crippen molar-refractivity contribution in [3.8, 4) is 0 Å². The van der Waals surface area contributed by atoms with E-state index in [1.54, 1.807) is 15.9 Å². The number of benzene rings is 1. The van der Waals surface area contributed by atoms with E-state index in [0.29, 0.717) is 36.1 Å². The van der Waals surface area contributed by atoms with Crippen LogP contribution in [0.15, 0.2) is 35.7 Å². The number of rotatable bonds is 4. The molecular formula is C18H18ClN3O4S. The van der Waals surface area contributed by atoms with Gasteiger partial charge in [0.05, 0.1) is 21.2 Å². The van der Waals surface area contributed by atoms with Gasteiger partial charge in [0.25, 0.3) is 11.8 Å². The quantitative estimate of drug-likeness (QED) is 0.619. The van der Waals surface area contributed by atoms with Crippen LogP contribution in [0.25, 0.3) is 0 Å². The molecule has 7 nitrogen and oxygen atoms in total. The number of amides is 2. The number of nitrogen functional groups attached to an aromatic ring is 1. The number of hydrogen-bond donors (Lipinski definition) is 1. The Labute approximate surface area is 165 Å². The van der Waals surface area contributed by atoms with Gasteiger partial charge < -0.3 is 20.3 Å². The van der Waals surface area contributed by atoms with E-state index in [4.69, 9.17) is 22.1 Å². The van der Waals surface area contributed by atoms with Crippen LogP contribution in [0.5, 0.6) is 0 Å². The minimum atomic E-state index is -0.641. The maximum atomic E-state index is 12.3. The minimum absolute atomic E-state index is 0.0242. The van der Waals surface area contributed by atoms with Crippen molar-refractivity contribution in [1.29, 1.82) is 0 Å². The summed E-state index contributed by atoms with van der Waals surface area (Å²) in [6.07, 6.45) is 0. The molecule has 27 heavy (non-hydrogen) atoms. The second-order valence-corrected chi connectivity index (χ2v) is 7.32. The summed E-state index contributed by atoms with van der Waals surface area (Å²) in [4.78, 5) is 40.6. The van der Waals surface area contributed by atoms with Gasteiger partial charge in [-0.1, -0.05) is 17.7 Å². The number of halogens is 1. The maximum absolute atomic E-state index is 12.3. The lowest BCUT2D eigenvalue weighted by atomic mass is 10.2. The second kappa shape index (κ2) is 8.41. The molecule has 1 aromatic heterocycles. The van der Waals surface area contributed by atoms with Crippen LogP contribution in [-0.2, 0) is 9.53 Å². The monoisotopic (exact) mass is 407 g/mol. The average molecular weight is 408 g/mol. The van der Waals surface area contributed by atoms with Gasteiger partial charge in [-0.2, -0.15) is 0 Å². The van der Waals surface area contributed by atoms with Crippen molar-refractivity contribution in [1.82, 2.24) is 9.80 Å². The zero-order valence-electron chi connectivity index (χ0n) is 14.4. The molecule has 1 saturated heterocycles. The van der Waals surface area contributed by atoms with Crippen LogP contribution in [0.4, 0.5) is 5.69 Å². The van der Waals surface area contributed by atoms with Gasteiger partial charge in [0.2, 0.25) is 0 Å². The molecule has 0 radical (unpaired) electrons. The Bertz CT molecular complexity index is 848. The number of piperazine rings is 1. The molecule has 2 aromatic rings. The molecular weight excluding hydrogens is 390 g/mol. The molecule has 1 aliphatic heterocycles. The molecule has 142 valence electrons. The molecule has 9 heteroatoms. The summed E-state index contributed by atoms with van der Waals surface area (Å²) in [7, 11) is 0. The summed E-state index contributed by atoms with van der Waals surface area (Å²) in [5, 5.41) is 2.20. The van der Waals surface area contributed by atoms with E-state index >= 15 is 0 Å². The first-order valence-electron chi connectivity index (χ1n) is 8.28. The number of thiophene rings is 1. The van der Waals surface area contributed by atoms with Gasteiger partial charge >= 0.3 is 5.97 Å². The fraction of sp³-hybridized carbons (Fsp3) is 0.278. The minimum Gasteiger partial charge on any atom is -0.452 e. The van der Waals surface area contributed by atoms with Crippen LogP contribution in [0.1, 0.15) is 20.0 Å². The third-order valence-electron chi connectivity index (χ3n) is 4.21. The molecule has 0 saturated carbocycles. The fourth-order valence-electron chi connectivity index (χ4n) is 2.69. The zero-order chi connectivity index (χ0) is 19.4. The van der Waals surface area contributed by atoms with E-state index in [1.807, 2.05) is 11.4 Å². The fourth-order valence-corrected chi connectivity index (χ4v) is 3.50. The van der Waals surface area contributed by atoms with Crippen molar-refractivity contribution in [3.05, 3.63) is 51.2 Å². The largest absolute Gasteiger partial charge is 0.452 e. The van der Waals surface area contributed by atoms with E-state index in [1.165, 1.54) is 29.5 Å². The first-order valence-corrected chi connectivity index (χ1v) is 9.54. The third-order valence-corrected chi connectivity index (χ3v) is 5.41. The SMILES string of the molecule is Nc1cc(C(=O)OCC(=O)N2CCN(C(=O)c3cccs3)CC2)ccc1Cl. The summed E-state index contributed by atoms with van der Waals surface area (Å²) in [5.74, 6) is -0.962. The smallest absolute Gasteiger partial charge is 0.338 e. The van der Waals surface area contributed by atoms with Crippen LogP contribution in [0.2, 0.25) is 5.02 Å². The molecule has 0 spiro atoms. The lowest BCUT2D eigenvalue weighted by molar-refractivity contribution is -0.136. The highest BCUT2D eigenvalue weighted by Crippen LogP contribution is 2.20. The topological polar surface area (TPSA) is 92.9 Å². The molecule has 2 amide bonds. The lowest BCUT2D eigenvalue weighted by Gasteiger charge is -2.34. The highest BCUT2D eigenvalue weighted by molar-refractivity contribution is 7.12. The summed E-state index contributed by atoms with van der Waals surface area (Å²) in [6, 6.07) is 8.01. The molecule has 0 atom stereocenters. The zero-order valence-corrected chi connectivity index (χ0v) is 16.0. The number of hydrogen-bond acceptors (Lipinski definition) is 6. The predicted octanol–water partition coefficient (Wildman–Crippen LogP) is 2.13. The van der Waals surface area contributed by atoms with E-state index in [0.717, 1.165) is 0 Å². The van der Waals surface area contributed by atoms with Crippen LogP contribution in [0, 0.1) is 0 Å². The van der Waals surface area contributed by atoms with Crippen molar-refractivity contribution in [3.63, 3.8) is 0 Å². The van der Waals surface area contributed by atoms with E-state index in [2.05, 4.69) is 0 Å². The van der Waals surface area contributed by atoms with Gasteiger partial charge in [-0.25, -0.2) is 4.79 Å². The van der Waals surface area contributed by atoms with Crippen LogP contribution >= 0.6 is 22.9 Å². The molecule has 1 fully saturated rings. The number of carbonyl (C=O) groups excluding carboxylic acids is 3. The molecule has 0 unspecified atom stereocenters. The Morgan fingerprint density at radius 3 is 2.44 bits per heavy atom. The molecule has 2 N–H and O–H groups in total. The first-order chi connectivity index (χ1) is 13.0. The van der Waals surface area contributed by atoms with Crippen molar-refractivity contribution >= 4 is 46.4 Å². The Morgan fingerprint density at radius 2 is 1.81 bits per heavy atom. The van der Waals surface area contributed by atoms with Gasteiger partial charge in [0.15, 0.2) is 6.61 Å². The van der Waals surface area contributed by atoms with E-state index in [9.17, 15) is 14.4 Å². The Balaban J connectivity index is 1.47. The van der Waals surface area contributed by atoms with Crippen molar-refractivity contribution in [2.24, 2.45) is 0 Å².